The number of amides is 1. The maximum absolute atomic E-state index is 13.3. The summed E-state index contributed by atoms with van der Waals surface area (Å²) in [7, 11) is 3.06. The van der Waals surface area contributed by atoms with Gasteiger partial charge in [0.1, 0.15) is 29.3 Å². The van der Waals surface area contributed by atoms with E-state index in [4.69, 9.17) is 9.47 Å². The fraction of sp³-hybridized carbons (Fsp3) is 0.105. The van der Waals surface area contributed by atoms with Gasteiger partial charge in [0.05, 0.1) is 19.9 Å². The van der Waals surface area contributed by atoms with Crippen molar-refractivity contribution in [2.24, 2.45) is 0 Å². The van der Waals surface area contributed by atoms with Crippen molar-refractivity contribution in [1.82, 2.24) is 9.97 Å². The van der Waals surface area contributed by atoms with Crippen LogP contribution in [0.15, 0.2) is 48.8 Å². The molecule has 9 heteroatoms. The van der Waals surface area contributed by atoms with Gasteiger partial charge in [-0.2, -0.15) is 0 Å². The summed E-state index contributed by atoms with van der Waals surface area (Å²) in [6, 6.07) is 9.64. The summed E-state index contributed by atoms with van der Waals surface area (Å²) >= 11 is 0. The topological polar surface area (TPSA) is 85.4 Å². The number of anilines is 3. The molecule has 28 heavy (non-hydrogen) atoms. The summed E-state index contributed by atoms with van der Waals surface area (Å²) in [6.07, 6.45) is 1.20. The van der Waals surface area contributed by atoms with Crippen molar-refractivity contribution in [3.8, 4) is 11.5 Å². The second-order valence-corrected chi connectivity index (χ2v) is 5.56. The van der Waals surface area contributed by atoms with E-state index in [1.54, 1.807) is 18.2 Å². The third-order valence-electron chi connectivity index (χ3n) is 3.75. The highest BCUT2D eigenvalue weighted by Crippen LogP contribution is 2.31. The first kappa shape index (κ1) is 19.0. The van der Waals surface area contributed by atoms with Crippen molar-refractivity contribution in [2.75, 3.05) is 24.9 Å². The third kappa shape index (κ3) is 4.32. The monoisotopic (exact) mass is 386 g/mol. The Hall–Kier alpha value is -3.75. The van der Waals surface area contributed by atoms with Gasteiger partial charge in [0, 0.05) is 23.9 Å². The van der Waals surface area contributed by atoms with E-state index in [1.807, 2.05) is 0 Å². The predicted octanol–water partition coefficient (Wildman–Crippen LogP) is 3.77. The van der Waals surface area contributed by atoms with E-state index in [2.05, 4.69) is 20.6 Å². The third-order valence-corrected chi connectivity index (χ3v) is 3.75. The minimum atomic E-state index is -1.06. The Balaban J connectivity index is 1.80. The number of carbonyl (C=O) groups is 1. The molecule has 0 fully saturated rings. The van der Waals surface area contributed by atoms with Gasteiger partial charge in [-0.25, -0.2) is 18.7 Å². The van der Waals surface area contributed by atoms with Gasteiger partial charge in [0.15, 0.2) is 11.6 Å². The zero-order valence-electron chi connectivity index (χ0n) is 15.0. The zero-order chi connectivity index (χ0) is 20.1. The Morgan fingerprint density at radius 3 is 2.50 bits per heavy atom. The van der Waals surface area contributed by atoms with Gasteiger partial charge in [-0.1, -0.05) is 0 Å². The maximum Gasteiger partial charge on any atom is 0.274 e. The van der Waals surface area contributed by atoms with Crippen molar-refractivity contribution < 1.29 is 23.0 Å². The van der Waals surface area contributed by atoms with Crippen LogP contribution >= 0.6 is 0 Å². The first-order chi connectivity index (χ1) is 13.5. The molecule has 0 aliphatic heterocycles. The minimum absolute atomic E-state index is 0.0316. The lowest BCUT2D eigenvalue weighted by Crippen LogP contribution is -2.14. The number of hydrogen-bond donors (Lipinski definition) is 2. The zero-order valence-corrected chi connectivity index (χ0v) is 15.0. The molecule has 7 nitrogen and oxygen atoms in total. The van der Waals surface area contributed by atoms with Gasteiger partial charge >= 0.3 is 0 Å². The molecule has 0 spiro atoms. The van der Waals surface area contributed by atoms with Gasteiger partial charge in [-0.3, -0.25) is 4.79 Å². The number of rotatable bonds is 6. The molecule has 2 N–H and O–H groups in total. The predicted molar refractivity (Wildman–Crippen MR) is 99.2 cm³/mol. The number of hydrogen-bond acceptors (Lipinski definition) is 6. The highest BCUT2D eigenvalue weighted by Gasteiger charge is 2.12. The molecule has 1 heterocycles. The van der Waals surface area contributed by atoms with Crippen molar-refractivity contribution >= 4 is 23.1 Å². The number of nitrogens with zero attached hydrogens (tertiary/aromatic N) is 2. The van der Waals surface area contributed by atoms with Gasteiger partial charge in [-0.15, -0.1) is 0 Å². The van der Waals surface area contributed by atoms with Crippen molar-refractivity contribution in [1.29, 1.82) is 0 Å². The Morgan fingerprint density at radius 2 is 1.79 bits per heavy atom. The molecule has 3 rings (SSSR count). The average Bonchev–Trinajstić information content (AvgIpc) is 2.71. The molecule has 0 saturated carbocycles. The molecule has 3 aromatic rings. The number of ether oxygens (including phenoxy) is 2. The van der Waals surface area contributed by atoms with E-state index in [9.17, 15) is 13.6 Å². The molecule has 0 saturated heterocycles. The fourth-order valence-electron chi connectivity index (χ4n) is 2.37. The van der Waals surface area contributed by atoms with E-state index in [1.165, 1.54) is 32.7 Å². The Labute approximate surface area is 159 Å². The van der Waals surface area contributed by atoms with Crippen LogP contribution in [-0.4, -0.2) is 30.1 Å². The Bertz CT molecular complexity index is 1010. The fourth-order valence-corrected chi connectivity index (χ4v) is 2.37. The summed E-state index contributed by atoms with van der Waals surface area (Å²) in [5.74, 6) is -1.18. The van der Waals surface area contributed by atoms with Crippen LogP contribution in [0.4, 0.5) is 26.0 Å². The highest BCUT2D eigenvalue weighted by molar-refractivity contribution is 6.03. The van der Waals surface area contributed by atoms with Crippen LogP contribution in [0.5, 0.6) is 11.5 Å². The summed E-state index contributed by atoms with van der Waals surface area (Å²) in [5.41, 5.74) is 0.711. The van der Waals surface area contributed by atoms with Crippen LogP contribution in [0.1, 0.15) is 10.5 Å². The number of halogens is 2. The van der Waals surface area contributed by atoms with Crippen LogP contribution in [0, 0.1) is 11.6 Å². The average molecular weight is 386 g/mol. The number of aromatic nitrogens is 2. The Kier molecular flexibility index (Phi) is 5.64. The number of carbonyl (C=O) groups excluding carboxylic acids is 1. The van der Waals surface area contributed by atoms with Crippen molar-refractivity contribution in [3.63, 3.8) is 0 Å². The quantitative estimate of drug-likeness (QED) is 0.671. The first-order valence-corrected chi connectivity index (χ1v) is 8.07. The van der Waals surface area contributed by atoms with Crippen molar-refractivity contribution in [2.45, 2.75) is 0 Å². The van der Waals surface area contributed by atoms with Crippen LogP contribution in [0.25, 0.3) is 0 Å². The normalized spacial score (nSPS) is 10.3. The van der Waals surface area contributed by atoms with E-state index >= 15 is 0 Å². The van der Waals surface area contributed by atoms with E-state index < -0.39 is 17.5 Å². The lowest BCUT2D eigenvalue weighted by molar-refractivity contribution is 0.102. The number of methoxy groups -OCH3 is 2. The van der Waals surface area contributed by atoms with Gasteiger partial charge in [0.25, 0.3) is 5.91 Å². The number of nitrogens with one attached hydrogen (secondary N) is 2. The van der Waals surface area contributed by atoms with Gasteiger partial charge < -0.3 is 20.1 Å². The molecular weight excluding hydrogens is 370 g/mol. The summed E-state index contributed by atoms with van der Waals surface area (Å²) < 4.78 is 36.8. The molecule has 0 radical (unpaired) electrons. The van der Waals surface area contributed by atoms with Crippen LogP contribution in [0.3, 0.4) is 0 Å². The van der Waals surface area contributed by atoms with Gasteiger partial charge in [0.2, 0.25) is 0 Å². The maximum atomic E-state index is 13.3. The molecular formula is C19H16F2N4O3. The molecule has 0 aliphatic carbocycles. The SMILES string of the molecule is COc1ccc(OC)c(Nc2cc(C(=O)Nc3ccc(F)c(F)c3)ncn2)c1. The van der Waals surface area contributed by atoms with E-state index in [-0.39, 0.29) is 11.4 Å². The largest absolute Gasteiger partial charge is 0.497 e. The van der Waals surface area contributed by atoms with Crippen molar-refractivity contribution in [3.05, 3.63) is 66.1 Å². The molecule has 2 aromatic carbocycles. The summed E-state index contributed by atoms with van der Waals surface area (Å²) in [4.78, 5) is 20.3. The lowest BCUT2D eigenvalue weighted by Gasteiger charge is -2.12. The van der Waals surface area contributed by atoms with Gasteiger partial charge in [-0.05, 0) is 24.3 Å². The smallest absolute Gasteiger partial charge is 0.274 e. The highest BCUT2D eigenvalue weighted by atomic mass is 19.2. The van der Waals surface area contributed by atoms with Crippen LogP contribution < -0.4 is 20.1 Å². The minimum Gasteiger partial charge on any atom is -0.497 e. The number of benzene rings is 2. The lowest BCUT2D eigenvalue weighted by atomic mass is 10.2. The van der Waals surface area contributed by atoms with Crippen LogP contribution in [-0.2, 0) is 0 Å². The molecule has 144 valence electrons. The molecule has 0 unspecified atom stereocenters. The molecule has 0 aliphatic rings. The molecule has 1 aromatic heterocycles. The second-order valence-electron chi connectivity index (χ2n) is 5.56. The summed E-state index contributed by atoms with van der Waals surface area (Å²) in [6.45, 7) is 0. The molecule has 0 atom stereocenters. The van der Waals surface area contributed by atoms with Crippen LogP contribution in [0.2, 0.25) is 0 Å². The summed E-state index contributed by atoms with van der Waals surface area (Å²) in [5, 5.41) is 5.48. The van der Waals surface area contributed by atoms with E-state index in [0.29, 0.717) is 23.0 Å². The van der Waals surface area contributed by atoms with E-state index in [0.717, 1.165) is 12.1 Å². The molecule has 0 bridgehead atoms. The first-order valence-electron chi connectivity index (χ1n) is 8.07. The standard InChI is InChI=1S/C19H16F2N4O3/c1-27-12-4-6-17(28-2)15(8-12)25-18-9-16(22-10-23-18)19(26)24-11-3-5-13(20)14(21)7-11/h3-10H,1-2H3,(H,24,26)(H,22,23,25). The second kappa shape index (κ2) is 8.30. The molecule has 1 amide bonds. The Morgan fingerprint density at radius 1 is 0.964 bits per heavy atom.